The smallest absolute Gasteiger partial charge is 0.225 e. The highest BCUT2D eigenvalue weighted by Crippen LogP contribution is 2.39. The van der Waals surface area contributed by atoms with Gasteiger partial charge in [-0.3, -0.25) is 4.79 Å². The Bertz CT molecular complexity index is 688. The molecule has 2 N–H and O–H groups in total. The van der Waals surface area contributed by atoms with Crippen molar-refractivity contribution in [1.82, 2.24) is 4.90 Å². The minimum Gasteiger partial charge on any atom is -0.390 e. The third kappa shape index (κ3) is 4.33. The third-order valence-corrected chi connectivity index (χ3v) is 5.85. The molecule has 0 radical (unpaired) electrons. The Balaban J connectivity index is 1.48. The quantitative estimate of drug-likeness (QED) is 0.863. The predicted octanol–water partition coefficient (Wildman–Crippen LogP) is 3.17. The maximum Gasteiger partial charge on any atom is 0.225 e. The SMILES string of the molecule is N#Cc1ccc(NC(=O)CCN2CCC3(O)CCCCC3C2)cc1Cl. The molecule has 1 aliphatic carbocycles. The lowest BCUT2D eigenvalue weighted by molar-refractivity contribution is -0.117. The van der Waals surface area contributed by atoms with Gasteiger partial charge in [-0.05, 0) is 37.5 Å². The predicted molar refractivity (Wildman–Crippen MR) is 97.4 cm³/mol. The maximum absolute atomic E-state index is 12.2. The second-order valence-corrected chi connectivity index (χ2v) is 7.61. The lowest BCUT2D eigenvalue weighted by atomic mass is 9.71. The molecule has 2 aliphatic rings. The molecule has 2 unspecified atom stereocenters. The van der Waals surface area contributed by atoms with Gasteiger partial charge in [-0.25, -0.2) is 0 Å². The number of fused-ring (bicyclic) bond motifs is 1. The van der Waals surface area contributed by atoms with Gasteiger partial charge in [0.05, 0.1) is 16.2 Å². The number of hydrogen-bond acceptors (Lipinski definition) is 4. The number of benzene rings is 1. The van der Waals surface area contributed by atoms with E-state index in [1.54, 1.807) is 18.2 Å². The number of hydrogen-bond donors (Lipinski definition) is 2. The highest BCUT2D eigenvalue weighted by Gasteiger charge is 2.42. The van der Waals surface area contributed by atoms with Gasteiger partial charge in [0.25, 0.3) is 0 Å². The van der Waals surface area contributed by atoms with Crippen LogP contribution >= 0.6 is 11.6 Å². The molecule has 5 nitrogen and oxygen atoms in total. The molecular formula is C19H24ClN3O2. The van der Waals surface area contributed by atoms with Crippen molar-refractivity contribution in [1.29, 1.82) is 5.26 Å². The van der Waals surface area contributed by atoms with Gasteiger partial charge >= 0.3 is 0 Å². The second kappa shape index (κ2) is 7.74. The Labute approximate surface area is 153 Å². The van der Waals surface area contributed by atoms with Crippen LogP contribution in [0.3, 0.4) is 0 Å². The van der Waals surface area contributed by atoms with E-state index in [0.29, 0.717) is 35.2 Å². The maximum atomic E-state index is 12.2. The fourth-order valence-corrected chi connectivity index (χ4v) is 4.23. The molecule has 6 heteroatoms. The summed E-state index contributed by atoms with van der Waals surface area (Å²) in [6, 6.07) is 6.89. The summed E-state index contributed by atoms with van der Waals surface area (Å²) < 4.78 is 0. The van der Waals surface area contributed by atoms with Gasteiger partial charge in [0, 0.05) is 37.7 Å². The molecule has 2 atom stereocenters. The molecule has 1 aliphatic heterocycles. The molecule has 1 aromatic rings. The van der Waals surface area contributed by atoms with E-state index in [1.165, 1.54) is 6.42 Å². The van der Waals surface area contributed by atoms with Crippen molar-refractivity contribution in [3.8, 4) is 6.07 Å². The fraction of sp³-hybridized carbons (Fsp3) is 0.579. The van der Waals surface area contributed by atoms with E-state index < -0.39 is 5.60 Å². The number of nitrogens with zero attached hydrogens (tertiary/aromatic N) is 2. The number of nitriles is 1. The van der Waals surface area contributed by atoms with Crippen LogP contribution in [0.2, 0.25) is 5.02 Å². The summed E-state index contributed by atoms with van der Waals surface area (Å²) in [6.07, 6.45) is 5.55. The number of piperidine rings is 1. The summed E-state index contributed by atoms with van der Waals surface area (Å²) in [6.45, 7) is 2.43. The lowest BCUT2D eigenvalue weighted by Crippen LogP contribution is -2.53. The van der Waals surface area contributed by atoms with Crippen molar-refractivity contribution < 1.29 is 9.90 Å². The van der Waals surface area contributed by atoms with Gasteiger partial charge in [0.15, 0.2) is 0 Å². The van der Waals surface area contributed by atoms with E-state index >= 15 is 0 Å². The van der Waals surface area contributed by atoms with Gasteiger partial charge in [-0.2, -0.15) is 5.26 Å². The molecule has 25 heavy (non-hydrogen) atoms. The summed E-state index contributed by atoms with van der Waals surface area (Å²) in [5, 5.41) is 22.8. The van der Waals surface area contributed by atoms with E-state index in [-0.39, 0.29) is 5.91 Å². The van der Waals surface area contributed by atoms with Gasteiger partial charge in [0.2, 0.25) is 5.91 Å². The fourth-order valence-electron chi connectivity index (χ4n) is 4.01. The first-order valence-corrected chi connectivity index (χ1v) is 9.32. The first-order valence-electron chi connectivity index (χ1n) is 8.94. The lowest BCUT2D eigenvalue weighted by Gasteiger charge is -2.47. The molecule has 1 amide bonds. The number of amides is 1. The van der Waals surface area contributed by atoms with Gasteiger partial charge in [0.1, 0.15) is 6.07 Å². The highest BCUT2D eigenvalue weighted by molar-refractivity contribution is 6.32. The monoisotopic (exact) mass is 361 g/mol. The summed E-state index contributed by atoms with van der Waals surface area (Å²) in [7, 11) is 0. The van der Waals surface area contributed by atoms with Gasteiger partial charge in [-0.15, -0.1) is 0 Å². The summed E-state index contributed by atoms with van der Waals surface area (Å²) in [4.78, 5) is 14.5. The molecule has 0 spiro atoms. The number of halogens is 1. The van der Waals surface area contributed by atoms with Crippen molar-refractivity contribution >= 4 is 23.2 Å². The number of carbonyl (C=O) groups excluding carboxylic acids is 1. The largest absolute Gasteiger partial charge is 0.390 e. The van der Waals surface area contributed by atoms with Crippen molar-refractivity contribution in [3.63, 3.8) is 0 Å². The van der Waals surface area contributed by atoms with E-state index in [2.05, 4.69) is 10.2 Å². The van der Waals surface area contributed by atoms with Gasteiger partial charge in [-0.1, -0.05) is 24.4 Å². The van der Waals surface area contributed by atoms with Gasteiger partial charge < -0.3 is 15.3 Å². The number of aliphatic hydroxyl groups is 1. The molecule has 0 bridgehead atoms. The van der Waals surface area contributed by atoms with E-state index in [9.17, 15) is 9.90 Å². The molecule has 2 fully saturated rings. The van der Waals surface area contributed by atoms with Crippen molar-refractivity contribution in [3.05, 3.63) is 28.8 Å². The van der Waals surface area contributed by atoms with E-state index in [1.807, 2.05) is 6.07 Å². The number of anilines is 1. The Hall–Kier alpha value is -1.61. The normalized spacial score (nSPS) is 26.5. The summed E-state index contributed by atoms with van der Waals surface area (Å²) >= 11 is 5.98. The van der Waals surface area contributed by atoms with Crippen LogP contribution in [0.25, 0.3) is 0 Å². The Morgan fingerprint density at radius 1 is 1.44 bits per heavy atom. The zero-order valence-corrected chi connectivity index (χ0v) is 15.1. The summed E-state index contributed by atoms with van der Waals surface area (Å²) in [5.74, 6) is 0.278. The van der Waals surface area contributed by atoms with Crippen LogP contribution < -0.4 is 5.32 Å². The van der Waals surface area contributed by atoms with Crippen molar-refractivity contribution in [2.45, 2.75) is 44.1 Å². The molecule has 0 aromatic heterocycles. The molecular weight excluding hydrogens is 338 g/mol. The minimum absolute atomic E-state index is 0.0646. The van der Waals surface area contributed by atoms with E-state index in [4.69, 9.17) is 16.9 Å². The zero-order valence-electron chi connectivity index (χ0n) is 14.3. The van der Waals surface area contributed by atoms with Crippen LogP contribution in [0.5, 0.6) is 0 Å². The molecule has 1 heterocycles. The topological polar surface area (TPSA) is 76.4 Å². The third-order valence-electron chi connectivity index (χ3n) is 5.54. The first kappa shape index (κ1) is 18.2. The van der Waals surface area contributed by atoms with Crippen molar-refractivity contribution in [2.24, 2.45) is 5.92 Å². The molecule has 1 aromatic carbocycles. The van der Waals surface area contributed by atoms with Crippen LogP contribution in [0.1, 0.15) is 44.1 Å². The standard InChI is InChI=1S/C19H24ClN3O2/c20-17-11-16(5-4-14(17)12-21)22-18(24)6-9-23-10-8-19(25)7-2-1-3-15(19)13-23/h4-5,11,15,25H,1-3,6-10,13H2,(H,22,24). The zero-order chi connectivity index (χ0) is 17.9. The average molecular weight is 362 g/mol. The van der Waals surface area contributed by atoms with Crippen LogP contribution in [0.4, 0.5) is 5.69 Å². The number of nitrogens with one attached hydrogen (secondary N) is 1. The first-order chi connectivity index (χ1) is 12.0. The van der Waals surface area contributed by atoms with Crippen LogP contribution in [0.15, 0.2) is 18.2 Å². The molecule has 1 saturated heterocycles. The van der Waals surface area contributed by atoms with Crippen LogP contribution in [-0.4, -0.2) is 41.1 Å². The van der Waals surface area contributed by atoms with Crippen LogP contribution in [-0.2, 0) is 4.79 Å². The number of rotatable bonds is 4. The molecule has 1 saturated carbocycles. The second-order valence-electron chi connectivity index (χ2n) is 7.20. The minimum atomic E-state index is -0.476. The van der Waals surface area contributed by atoms with Crippen molar-refractivity contribution in [2.75, 3.05) is 25.0 Å². The molecule has 3 rings (SSSR count). The molecule has 134 valence electrons. The average Bonchev–Trinajstić information content (AvgIpc) is 2.60. The Kier molecular flexibility index (Phi) is 5.63. The number of likely N-dealkylation sites (tertiary alicyclic amines) is 1. The number of carbonyl (C=O) groups is 1. The summed E-state index contributed by atoms with van der Waals surface area (Å²) in [5.41, 5.74) is 0.526. The highest BCUT2D eigenvalue weighted by atomic mass is 35.5. The van der Waals surface area contributed by atoms with Crippen LogP contribution in [0, 0.1) is 17.2 Å². The Morgan fingerprint density at radius 3 is 3.04 bits per heavy atom. The van der Waals surface area contributed by atoms with E-state index in [0.717, 1.165) is 38.8 Å². The Morgan fingerprint density at radius 2 is 2.28 bits per heavy atom.